The van der Waals surface area contributed by atoms with E-state index in [1.54, 1.807) is 30.3 Å². The first-order chi connectivity index (χ1) is 10.0. The van der Waals surface area contributed by atoms with Gasteiger partial charge >= 0.3 is 5.97 Å². The molecule has 0 aromatic heterocycles. The van der Waals surface area contributed by atoms with Crippen LogP contribution in [-0.2, 0) is 11.3 Å². The summed E-state index contributed by atoms with van der Waals surface area (Å²) in [7, 11) is 1.29. The first-order valence-corrected chi connectivity index (χ1v) is 6.82. The highest BCUT2D eigenvalue weighted by molar-refractivity contribution is 6.31. The highest BCUT2D eigenvalue weighted by Crippen LogP contribution is 2.23. The fourth-order valence-corrected chi connectivity index (χ4v) is 2.14. The zero-order valence-corrected chi connectivity index (χ0v) is 12.6. The monoisotopic (exact) mass is 327 g/mol. The Bertz CT molecular complexity index is 677. The van der Waals surface area contributed by atoms with Crippen molar-refractivity contribution in [2.45, 2.75) is 6.54 Å². The Kier molecular flexibility index (Phi) is 5.04. The Morgan fingerprint density at radius 2 is 1.86 bits per heavy atom. The van der Waals surface area contributed by atoms with Crippen molar-refractivity contribution in [1.82, 2.24) is 0 Å². The molecule has 0 aliphatic rings. The van der Waals surface area contributed by atoms with Gasteiger partial charge in [0.2, 0.25) is 0 Å². The van der Waals surface area contributed by atoms with Crippen molar-refractivity contribution >= 4 is 34.9 Å². The largest absolute Gasteiger partial charge is 0.465 e. The van der Waals surface area contributed by atoms with Crippen LogP contribution in [0.4, 0.5) is 10.1 Å². The molecule has 3 nitrogen and oxygen atoms in total. The van der Waals surface area contributed by atoms with Gasteiger partial charge in [0.05, 0.1) is 18.4 Å². The van der Waals surface area contributed by atoms with Gasteiger partial charge in [0.1, 0.15) is 5.82 Å². The van der Waals surface area contributed by atoms with Crippen molar-refractivity contribution in [3.8, 4) is 0 Å². The number of hydrogen-bond acceptors (Lipinski definition) is 3. The second-order valence-electron chi connectivity index (χ2n) is 4.27. The molecule has 2 aromatic carbocycles. The average Bonchev–Trinajstić information content (AvgIpc) is 2.45. The fraction of sp³-hybridized carbons (Fsp3) is 0.133. The Hall–Kier alpha value is -1.78. The van der Waals surface area contributed by atoms with Crippen LogP contribution in [0.3, 0.4) is 0 Å². The third-order valence-electron chi connectivity index (χ3n) is 2.87. The van der Waals surface area contributed by atoms with Gasteiger partial charge in [-0.1, -0.05) is 29.3 Å². The maximum atomic E-state index is 13.7. The smallest absolute Gasteiger partial charge is 0.339 e. The Morgan fingerprint density at radius 3 is 2.52 bits per heavy atom. The van der Waals surface area contributed by atoms with E-state index in [0.717, 1.165) is 0 Å². The maximum absolute atomic E-state index is 13.7. The second-order valence-corrected chi connectivity index (χ2v) is 5.14. The van der Waals surface area contributed by atoms with Crippen LogP contribution in [0, 0.1) is 5.82 Å². The van der Waals surface area contributed by atoms with Crippen LogP contribution < -0.4 is 5.32 Å². The van der Waals surface area contributed by atoms with Crippen LogP contribution in [0.2, 0.25) is 10.0 Å². The predicted octanol–water partition coefficient (Wildman–Crippen LogP) is 4.53. The van der Waals surface area contributed by atoms with Crippen LogP contribution >= 0.6 is 23.2 Å². The highest BCUT2D eigenvalue weighted by atomic mass is 35.5. The normalized spacial score (nSPS) is 10.3. The molecule has 0 unspecified atom stereocenters. The minimum Gasteiger partial charge on any atom is -0.465 e. The maximum Gasteiger partial charge on any atom is 0.339 e. The fourth-order valence-electron chi connectivity index (χ4n) is 1.81. The lowest BCUT2D eigenvalue weighted by atomic mass is 10.1. The van der Waals surface area contributed by atoms with Crippen molar-refractivity contribution in [2.75, 3.05) is 12.4 Å². The molecule has 110 valence electrons. The Balaban J connectivity index is 2.23. The van der Waals surface area contributed by atoms with Gasteiger partial charge in [-0.2, -0.15) is 0 Å². The number of carbonyl (C=O) groups is 1. The number of hydrogen-bond donors (Lipinski definition) is 1. The van der Waals surface area contributed by atoms with Crippen LogP contribution in [0.25, 0.3) is 0 Å². The molecule has 0 atom stereocenters. The lowest BCUT2D eigenvalue weighted by Gasteiger charge is -2.12. The van der Waals surface area contributed by atoms with Crippen LogP contribution in [0.5, 0.6) is 0 Å². The number of anilines is 1. The highest BCUT2D eigenvalue weighted by Gasteiger charge is 2.12. The molecule has 0 saturated carbocycles. The third kappa shape index (κ3) is 3.86. The number of rotatable bonds is 4. The summed E-state index contributed by atoms with van der Waals surface area (Å²) in [6.07, 6.45) is 0. The molecule has 0 fully saturated rings. The molecule has 0 bridgehead atoms. The van der Waals surface area contributed by atoms with Crippen molar-refractivity contribution in [3.63, 3.8) is 0 Å². The van der Waals surface area contributed by atoms with E-state index in [2.05, 4.69) is 5.32 Å². The Morgan fingerprint density at radius 1 is 1.19 bits per heavy atom. The van der Waals surface area contributed by atoms with Crippen molar-refractivity contribution in [1.29, 1.82) is 0 Å². The molecular weight excluding hydrogens is 316 g/mol. The first kappa shape index (κ1) is 15.6. The van der Waals surface area contributed by atoms with Gasteiger partial charge in [0.15, 0.2) is 0 Å². The summed E-state index contributed by atoms with van der Waals surface area (Å²) in [4.78, 5) is 11.7. The van der Waals surface area contributed by atoms with Gasteiger partial charge in [0, 0.05) is 22.2 Å². The van der Waals surface area contributed by atoms with Crippen LogP contribution in [0.1, 0.15) is 15.9 Å². The standard InChI is InChI=1S/C15H12Cl2FNO2/c1-21-15(20)12-5-4-11(17)7-14(12)19-8-9-2-3-10(16)6-13(9)18/h2-7,19H,8H2,1H3. The summed E-state index contributed by atoms with van der Waals surface area (Å²) in [6.45, 7) is 0.188. The SMILES string of the molecule is COC(=O)c1ccc(Cl)cc1NCc1ccc(Cl)cc1F. The molecular formula is C15H12Cl2FNO2. The zero-order valence-electron chi connectivity index (χ0n) is 11.1. The van der Waals surface area contributed by atoms with Crippen molar-refractivity contribution in [2.24, 2.45) is 0 Å². The molecule has 0 amide bonds. The summed E-state index contributed by atoms with van der Waals surface area (Å²) in [5.74, 6) is -0.914. The lowest BCUT2D eigenvalue weighted by molar-refractivity contribution is 0.0602. The number of halogens is 3. The van der Waals surface area contributed by atoms with Crippen LogP contribution in [0.15, 0.2) is 36.4 Å². The molecule has 0 radical (unpaired) electrons. The van der Waals surface area contributed by atoms with Crippen molar-refractivity contribution < 1.29 is 13.9 Å². The molecule has 21 heavy (non-hydrogen) atoms. The summed E-state index contributed by atoms with van der Waals surface area (Å²) >= 11 is 11.6. The molecule has 0 aliphatic heterocycles. The van der Waals surface area contributed by atoms with Crippen molar-refractivity contribution in [3.05, 3.63) is 63.4 Å². The molecule has 0 saturated heterocycles. The summed E-state index contributed by atoms with van der Waals surface area (Å²) in [5.41, 5.74) is 1.23. The lowest BCUT2D eigenvalue weighted by Crippen LogP contribution is -2.09. The van der Waals surface area contributed by atoms with E-state index in [1.807, 2.05) is 0 Å². The predicted molar refractivity (Wildman–Crippen MR) is 81.5 cm³/mol. The molecule has 0 spiro atoms. The number of ether oxygens (including phenoxy) is 1. The van der Waals surface area contributed by atoms with Gasteiger partial charge in [-0.3, -0.25) is 0 Å². The molecule has 2 rings (SSSR count). The third-order valence-corrected chi connectivity index (χ3v) is 3.34. The topological polar surface area (TPSA) is 38.3 Å². The van der Waals surface area contributed by atoms with Gasteiger partial charge in [-0.25, -0.2) is 9.18 Å². The number of carbonyl (C=O) groups excluding carboxylic acids is 1. The molecule has 1 N–H and O–H groups in total. The average molecular weight is 328 g/mol. The van der Waals surface area contributed by atoms with Gasteiger partial charge in [-0.05, 0) is 30.3 Å². The number of esters is 1. The van der Waals surface area contributed by atoms with E-state index in [1.165, 1.54) is 13.2 Å². The van der Waals surface area contributed by atoms with E-state index >= 15 is 0 Å². The molecule has 0 heterocycles. The van der Waals surface area contributed by atoms with E-state index < -0.39 is 11.8 Å². The first-order valence-electron chi connectivity index (χ1n) is 6.07. The minimum absolute atomic E-state index is 0.188. The van der Waals surface area contributed by atoms with Gasteiger partial charge in [0.25, 0.3) is 0 Å². The Labute approximate surface area is 131 Å². The van der Waals surface area contributed by atoms with Crippen LogP contribution in [-0.4, -0.2) is 13.1 Å². The van der Waals surface area contributed by atoms with E-state index in [0.29, 0.717) is 26.9 Å². The van der Waals surface area contributed by atoms with Gasteiger partial charge in [-0.15, -0.1) is 0 Å². The second kappa shape index (κ2) is 6.78. The number of methoxy groups -OCH3 is 1. The molecule has 0 aliphatic carbocycles. The quantitative estimate of drug-likeness (QED) is 0.838. The zero-order chi connectivity index (χ0) is 15.4. The number of benzene rings is 2. The van der Waals surface area contributed by atoms with E-state index in [-0.39, 0.29) is 6.54 Å². The molecule has 6 heteroatoms. The van der Waals surface area contributed by atoms with E-state index in [9.17, 15) is 9.18 Å². The molecule has 2 aromatic rings. The minimum atomic E-state index is -0.495. The van der Waals surface area contributed by atoms with Gasteiger partial charge < -0.3 is 10.1 Å². The summed E-state index contributed by atoms with van der Waals surface area (Å²) in [6, 6.07) is 9.13. The van der Waals surface area contributed by atoms with E-state index in [4.69, 9.17) is 27.9 Å². The number of nitrogens with one attached hydrogen (secondary N) is 1. The summed E-state index contributed by atoms with van der Waals surface area (Å²) < 4.78 is 18.4. The summed E-state index contributed by atoms with van der Waals surface area (Å²) in [5, 5.41) is 3.77.